The lowest BCUT2D eigenvalue weighted by atomic mass is 10.3. The molecule has 0 amide bonds. The van der Waals surface area contributed by atoms with Gasteiger partial charge in [-0.15, -0.1) is 0 Å². The van der Waals surface area contributed by atoms with Crippen LogP contribution in [0.25, 0.3) is 0 Å². The van der Waals surface area contributed by atoms with Crippen LogP contribution in [-0.2, 0) is 6.54 Å². The number of rotatable bonds is 3. The summed E-state index contributed by atoms with van der Waals surface area (Å²) in [5.74, 6) is 0.311. The summed E-state index contributed by atoms with van der Waals surface area (Å²) < 4.78 is 13.2. The Hall–Kier alpha value is -1.57. The molecule has 0 radical (unpaired) electrons. The Labute approximate surface area is 69.4 Å². The Kier molecular flexibility index (Phi) is 2.64. The number of halogens is 1. The number of hydrogen-bond donors (Lipinski definition) is 1. The number of nitrogens with zero attached hydrogens (tertiary/aromatic N) is 3. The second-order valence-electron chi connectivity index (χ2n) is 2.32. The van der Waals surface area contributed by atoms with E-state index in [1.807, 2.05) is 6.07 Å². The van der Waals surface area contributed by atoms with Crippen LogP contribution in [-0.4, -0.2) is 16.5 Å². The molecular formula is C7H9FN4. The van der Waals surface area contributed by atoms with Crippen LogP contribution in [0.1, 0.15) is 12.0 Å². The van der Waals surface area contributed by atoms with Crippen molar-refractivity contribution in [3.63, 3.8) is 0 Å². The average Bonchev–Trinajstić information content (AvgIpc) is 2.43. The number of aryl methyl sites for hydroxylation is 1. The van der Waals surface area contributed by atoms with Crippen molar-refractivity contribution in [2.75, 3.05) is 12.4 Å². The van der Waals surface area contributed by atoms with Gasteiger partial charge in [0, 0.05) is 6.54 Å². The highest BCUT2D eigenvalue weighted by Gasteiger charge is 2.04. The van der Waals surface area contributed by atoms with Crippen molar-refractivity contribution in [1.29, 1.82) is 5.26 Å². The number of nitriles is 1. The number of anilines is 1. The molecule has 0 aliphatic rings. The molecule has 0 aromatic carbocycles. The molecule has 1 aromatic heterocycles. The molecule has 12 heavy (non-hydrogen) atoms. The maximum atomic E-state index is 11.8. The van der Waals surface area contributed by atoms with Gasteiger partial charge in [-0.25, -0.2) is 4.68 Å². The Balaban J connectivity index is 2.75. The normalized spacial score (nSPS) is 9.67. The molecule has 0 atom stereocenters. The van der Waals surface area contributed by atoms with E-state index in [2.05, 4.69) is 5.10 Å². The summed E-state index contributed by atoms with van der Waals surface area (Å²) in [6.07, 6.45) is 1.75. The Bertz CT molecular complexity index is 299. The third-order valence-electron chi connectivity index (χ3n) is 1.50. The third-order valence-corrected chi connectivity index (χ3v) is 1.50. The Morgan fingerprint density at radius 3 is 3.00 bits per heavy atom. The number of hydrogen-bond acceptors (Lipinski definition) is 3. The molecule has 0 saturated carbocycles. The molecule has 64 valence electrons. The van der Waals surface area contributed by atoms with Gasteiger partial charge in [0.05, 0.1) is 12.9 Å². The van der Waals surface area contributed by atoms with E-state index in [0.717, 1.165) is 0 Å². The van der Waals surface area contributed by atoms with Crippen molar-refractivity contribution < 1.29 is 4.39 Å². The van der Waals surface area contributed by atoms with Gasteiger partial charge < -0.3 is 5.73 Å². The second kappa shape index (κ2) is 3.72. The molecule has 0 aliphatic heterocycles. The van der Waals surface area contributed by atoms with E-state index in [-0.39, 0.29) is 0 Å². The highest BCUT2D eigenvalue weighted by molar-refractivity contribution is 5.47. The summed E-state index contributed by atoms with van der Waals surface area (Å²) in [4.78, 5) is 0. The zero-order chi connectivity index (χ0) is 8.97. The van der Waals surface area contributed by atoms with Gasteiger partial charge in [-0.1, -0.05) is 0 Å². The molecule has 0 fully saturated rings. The molecule has 4 nitrogen and oxygen atoms in total. The summed E-state index contributed by atoms with van der Waals surface area (Å²) in [6, 6.07) is 1.89. The SMILES string of the molecule is N#Cc1cnn(CCCF)c1N. The monoisotopic (exact) mass is 168 g/mol. The molecule has 0 spiro atoms. The van der Waals surface area contributed by atoms with Crippen molar-refractivity contribution in [2.24, 2.45) is 0 Å². The molecule has 0 aliphatic carbocycles. The van der Waals surface area contributed by atoms with Crippen LogP contribution in [0.5, 0.6) is 0 Å². The van der Waals surface area contributed by atoms with Crippen LogP contribution in [0.3, 0.4) is 0 Å². The number of nitrogen functional groups attached to an aromatic ring is 1. The molecule has 1 aromatic rings. The maximum Gasteiger partial charge on any atom is 0.139 e. The van der Waals surface area contributed by atoms with Gasteiger partial charge in [-0.3, -0.25) is 4.39 Å². The van der Waals surface area contributed by atoms with Crippen LogP contribution in [0.15, 0.2) is 6.20 Å². The van der Waals surface area contributed by atoms with Crippen molar-refractivity contribution in [3.05, 3.63) is 11.8 Å². The van der Waals surface area contributed by atoms with Gasteiger partial charge in [0.25, 0.3) is 0 Å². The molecule has 0 bridgehead atoms. The average molecular weight is 168 g/mol. The van der Waals surface area contributed by atoms with E-state index in [4.69, 9.17) is 11.0 Å². The standard InChI is InChI=1S/C7H9FN4/c8-2-1-3-12-7(10)6(4-9)5-11-12/h5H,1-3,10H2. The second-order valence-corrected chi connectivity index (χ2v) is 2.32. The predicted octanol–water partition coefficient (Wildman–Crippen LogP) is 0.697. The van der Waals surface area contributed by atoms with Crippen molar-refractivity contribution in [1.82, 2.24) is 9.78 Å². The lowest BCUT2D eigenvalue weighted by Crippen LogP contribution is -2.05. The Morgan fingerprint density at radius 1 is 1.75 bits per heavy atom. The zero-order valence-corrected chi connectivity index (χ0v) is 6.50. The first kappa shape index (κ1) is 8.53. The van der Waals surface area contributed by atoms with E-state index >= 15 is 0 Å². The molecule has 0 saturated heterocycles. The van der Waals surface area contributed by atoms with Gasteiger partial charge in [-0.2, -0.15) is 10.4 Å². The molecular weight excluding hydrogens is 159 g/mol. The first-order valence-corrected chi connectivity index (χ1v) is 3.57. The lowest BCUT2D eigenvalue weighted by Gasteiger charge is -2.00. The number of alkyl halides is 1. The summed E-state index contributed by atoms with van der Waals surface area (Å²) in [5.41, 5.74) is 5.85. The van der Waals surface area contributed by atoms with E-state index in [1.165, 1.54) is 10.9 Å². The summed E-state index contributed by atoms with van der Waals surface area (Å²) in [7, 11) is 0. The van der Waals surface area contributed by atoms with Crippen LogP contribution in [0.2, 0.25) is 0 Å². The van der Waals surface area contributed by atoms with Gasteiger partial charge in [0.2, 0.25) is 0 Å². The molecule has 0 unspecified atom stereocenters. The van der Waals surface area contributed by atoms with E-state index in [1.54, 1.807) is 0 Å². The predicted molar refractivity (Wildman–Crippen MR) is 41.9 cm³/mol. The summed E-state index contributed by atoms with van der Waals surface area (Å²) in [5, 5.41) is 12.3. The van der Waals surface area contributed by atoms with Gasteiger partial charge in [0.15, 0.2) is 0 Å². The largest absolute Gasteiger partial charge is 0.383 e. The molecule has 1 rings (SSSR count). The van der Waals surface area contributed by atoms with E-state index in [9.17, 15) is 4.39 Å². The minimum Gasteiger partial charge on any atom is -0.383 e. The quantitative estimate of drug-likeness (QED) is 0.722. The first-order chi connectivity index (χ1) is 5.79. The van der Waals surface area contributed by atoms with Crippen molar-refractivity contribution >= 4 is 5.82 Å². The minimum absolute atomic E-state index is 0.311. The van der Waals surface area contributed by atoms with Crippen LogP contribution in [0, 0.1) is 11.3 Å². The fourth-order valence-electron chi connectivity index (χ4n) is 0.869. The van der Waals surface area contributed by atoms with Crippen LogP contribution >= 0.6 is 0 Å². The van der Waals surface area contributed by atoms with Crippen LogP contribution in [0.4, 0.5) is 10.2 Å². The lowest BCUT2D eigenvalue weighted by molar-refractivity contribution is 0.437. The topological polar surface area (TPSA) is 67.6 Å². The highest BCUT2D eigenvalue weighted by Crippen LogP contribution is 2.09. The minimum atomic E-state index is -0.402. The number of nitrogens with two attached hydrogens (primary N) is 1. The molecule has 1 heterocycles. The Morgan fingerprint density at radius 2 is 2.50 bits per heavy atom. The van der Waals surface area contributed by atoms with Crippen LogP contribution < -0.4 is 5.73 Å². The molecule has 5 heteroatoms. The van der Waals surface area contributed by atoms with Gasteiger partial charge in [-0.05, 0) is 6.42 Å². The highest BCUT2D eigenvalue weighted by atomic mass is 19.1. The van der Waals surface area contributed by atoms with Gasteiger partial charge >= 0.3 is 0 Å². The van der Waals surface area contributed by atoms with Crippen molar-refractivity contribution in [3.8, 4) is 6.07 Å². The fraction of sp³-hybridized carbons (Fsp3) is 0.429. The summed E-state index contributed by atoms with van der Waals surface area (Å²) in [6.45, 7) is 0.0190. The summed E-state index contributed by atoms with van der Waals surface area (Å²) >= 11 is 0. The van der Waals surface area contributed by atoms with Crippen molar-refractivity contribution in [2.45, 2.75) is 13.0 Å². The van der Waals surface area contributed by atoms with E-state index in [0.29, 0.717) is 24.3 Å². The molecule has 2 N–H and O–H groups in total. The first-order valence-electron chi connectivity index (χ1n) is 3.57. The smallest absolute Gasteiger partial charge is 0.139 e. The zero-order valence-electron chi connectivity index (χ0n) is 6.50. The third kappa shape index (κ3) is 1.53. The number of aromatic nitrogens is 2. The maximum absolute atomic E-state index is 11.8. The van der Waals surface area contributed by atoms with E-state index < -0.39 is 6.67 Å². The van der Waals surface area contributed by atoms with Gasteiger partial charge in [0.1, 0.15) is 17.5 Å². The fourth-order valence-corrected chi connectivity index (χ4v) is 0.869.